The number of guanidine groups is 1. The molecule has 2 fully saturated rings. The lowest BCUT2D eigenvalue weighted by Crippen LogP contribution is -2.53. The molecule has 0 atom stereocenters. The quantitative estimate of drug-likeness (QED) is 0.568. The van der Waals surface area contributed by atoms with E-state index in [1.54, 1.807) is 12.0 Å². The number of methoxy groups -OCH3 is 1. The zero-order chi connectivity index (χ0) is 19.9. The molecule has 1 amide bonds. The van der Waals surface area contributed by atoms with Gasteiger partial charge in [-0.25, -0.2) is 4.79 Å². The second kappa shape index (κ2) is 10.1. The Bertz CT molecular complexity index is 490. The van der Waals surface area contributed by atoms with E-state index >= 15 is 0 Å². The van der Waals surface area contributed by atoms with Crippen LogP contribution in [0.3, 0.4) is 0 Å². The van der Waals surface area contributed by atoms with E-state index < -0.39 is 5.60 Å². The molecule has 2 N–H and O–H groups in total. The number of piperidine rings is 1. The predicted octanol–water partition coefficient (Wildman–Crippen LogP) is 1.21. The van der Waals surface area contributed by atoms with Crippen molar-refractivity contribution in [2.75, 3.05) is 66.1 Å². The van der Waals surface area contributed by atoms with Gasteiger partial charge in [-0.3, -0.25) is 4.99 Å². The number of aliphatic imine (C=N–C) groups is 1. The summed E-state index contributed by atoms with van der Waals surface area (Å²) in [6.45, 7) is 13.1. The number of likely N-dealkylation sites (tertiary alicyclic amines) is 1. The molecule has 2 heterocycles. The second-order valence-corrected chi connectivity index (χ2v) is 8.43. The fourth-order valence-electron chi connectivity index (χ4n) is 3.38. The Labute approximate surface area is 163 Å². The Balaban J connectivity index is 1.69. The largest absolute Gasteiger partial charge is 0.444 e. The Hall–Kier alpha value is -1.54. The summed E-state index contributed by atoms with van der Waals surface area (Å²) in [5.41, 5.74) is 5.73. The predicted molar refractivity (Wildman–Crippen MR) is 107 cm³/mol. The van der Waals surface area contributed by atoms with Crippen LogP contribution in [0, 0.1) is 5.92 Å². The van der Waals surface area contributed by atoms with Gasteiger partial charge in [0.2, 0.25) is 0 Å². The highest BCUT2D eigenvalue weighted by atomic mass is 16.6. The fraction of sp³-hybridized carbons (Fsp3) is 0.895. The van der Waals surface area contributed by atoms with Crippen molar-refractivity contribution in [2.45, 2.75) is 39.2 Å². The Morgan fingerprint density at radius 3 is 2.22 bits per heavy atom. The average molecular weight is 384 g/mol. The molecule has 2 aliphatic rings. The summed E-state index contributed by atoms with van der Waals surface area (Å²) >= 11 is 0. The molecule has 8 heteroatoms. The molecule has 156 valence electrons. The maximum absolute atomic E-state index is 12.1. The third kappa shape index (κ3) is 7.54. The van der Waals surface area contributed by atoms with Gasteiger partial charge in [-0.1, -0.05) is 0 Å². The molecule has 0 aliphatic carbocycles. The van der Waals surface area contributed by atoms with E-state index in [1.165, 1.54) is 0 Å². The van der Waals surface area contributed by atoms with Crippen LogP contribution in [-0.4, -0.2) is 98.4 Å². The standard InChI is InChI=1S/C19H37N5O3/c1-19(2,3)27-18(25)24-11-9-23(10-12-24)17(20)21-15-16-5-7-22(8-6-16)13-14-26-4/h16H,5-15H2,1-4H3,(H2,20,21). The third-order valence-corrected chi connectivity index (χ3v) is 5.09. The van der Waals surface area contributed by atoms with E-state index in [2.05, 4.69) is 14.8 Å². The first kappa shape index (κ1) is 21.8. The number of rotatable bonds is 5. The molecule has 2 aliphatic heterocycles. The Morgan fingerprint density at radius 2 is 1.67 bits per heavy atom. The first-order chi connectivity index (χ1) is 12.8. The van der Waals surface area contributed by atoms with Crippen LogP contribution >= 0.6 is 0 Å². The summed E-state index contributed by atoms with van der Waals surface area (Å²) < 4.78 is 10.6. The molecular weight excluding hydrogens is 346 g/mol. The van der Waals surface area contributed by atoms with Gasteiger partial charge in [0.15, 0.2) is 5.96 Å². The van der Waals surface area contributed by atoms with Crippen molar-refractivity contribution < 1.29 is 14.3 Å². The van der Waals surface area contributed by atoms with Gasteiger partial charge in [-0.2, -0.15) is 0 Å². The summed E-state index contributed by atoms with van der Waals surface area (Å²) in [5.74, 6) is 1.20. The second-order valence-electron chi connectivity index (χ2n) is 8.43. The number of ether oxygens (including phenoxy) is 2. The van der Waals surface area contributed by atoms with E-state index in [-0.39, 0.29) is 6.09 Å². The lowest BCUT2D eigenvalue weighted by atomic mass is 9.97. The van der Waals surface area contributed by atoms with Gasteiger partial charge >= 0.3 is 6.09 Å². The first-order valence-electron chi connectivity index (χ1n) is 10.0. The molecule has 2 saturated heterocycles. The summed E-state index contributed by atoms with van der Waals surface area (Å²) in [6, 6.07) is 0. The molecule has 2 rings (SSSR count). The number of nitrogens with zero attached hydrogens (tertiary/aromatic N) is 4. The first-order valence-corrected chi connectivity index (χ1v) is 10.0. The van der Waals surface area contributed by atoms with Gasteiger partial charge in [0.25, 0.3) is 0 Å². The zero-order valence-corrected chi connectivity index (χ0v) is 17.4. The molecule has 0 aromatic rings. The molecular formula is C19H37N5O3. The minimum atomic E-state index is -0.464. The number of carbonyl (C=O) groups is 1. The minimum Gasteiger partial charge on any atom is -0.444 e. The van der Waals surface area contributed by atoms with Crippen molar-refractivity contribution in [1.82, 2.24) is 14.7 Å². The highest BCUT2D eigenvalue weighted by Crippen LogP contribution is 2.17. The van der Waals surface area contributed by atoms with E-state index in [9.17, 15) is 4.79 Å². The van der Waals surface area contributed by atoms with Crippen LogP contribution in [-0.2, 0) is 9.47 Å². The normalized spacial score (nSPS) is 20.8. The minimum absolute atomic E-state index is 0.252. The van der Waals surface area contributed by atoms with Crippen LogP contribution in [0.25, 0.3) is 0 Å². The van der Waals surface area contributed by atoms with Crippen molar-refractivity contribution >= 4 is 12.1 Å². The van der Waals surface area contributed by atoms with Gasteiger partial charge in [0.1, 0.15) is 5.60 Å². The Kier molecular flexibility index (Phi) is 8.16. The number of nitrogens with two attached hydrogens (primary N) is 1. The summed E-state index contributed by atoms with van der Waals surface area (Å²) in [4.78, 5) is 23.0. The van der Waals surface area contributed by atoms with Crippen molar-refractivity contribution in [3.05, 3.63) is 0 Å². The molecule has 0 saturated carbocycles. The van der Waals surface area contributed by atoms with Crippen molar-refractivity contribution in [3.8, 4) is 0 Å². The molecule has 0 aromatic carbocycles. The van der Waals surface area contributed by atoms with Crippen LogP contribution in [0.4, 0.5) is 4.79 Å². The number of hydrogen-bond donors (Lipinski definition) is 1. The zero-order valence-electron chi connectivity index (χ0n) is 17.4. The van der Waals surface area contributed by atoms with Crippen LogP contribution in [0.2, 0.25) is 0 Å². The van der Waals surface area contributed by atoms with E-state index in [0.29, 0.717) is 38.1 Å². The number of carbonyl (C=O) groups excluding carboxylic acids is 1. The maximum Gasteiger partial charge on any atom is 0.410 e. The smallest absolute Gasteiger partial charge is 0.410 e. The fourth-order valence-corrected chi connectivity index (χ4v) is 3.38. The van der Waals surface area contributed by atoms with Gasteiger partial charge in [0, 0.05) is 46.4 Å². The average Bonchev–Trinajstić information content (AvgIpc) is 2.64. The number of amides is 1. The van der Waals surface area contributed by atoms with Crippen LogP contribution in [0.1, 0.15) is 33.6 Å². The van der Waals surface area contributed by atoms with Gasteiger partial charge in [-0.15, -0.1) is 0 Å². The summed E-state index contributed by atoms with van der Waals surface area (Å²) in [6.07, 6.45) is 2.07. The van der Waals surface area contributed by atoms with E-state index in [4.69, 9.17) is 15.2 Å². The monoisotopic (exact) mass is 383 g/mol. The molecule has 27 heavy (non-hydrogen) atoms. The highest BCUT2D eigenvalue weighted by Gasteiger charge is 2.26. The SMILES string of the molecule is COCCN1CCC(CN=C(N)N2CCN(C(=O)OC(C)(C)C)CC2)CC1. The summed E-state index contributed by atoms with van der Waals surface area (Å²) in [5, 5.41) is 0. The van der Waals surface area contributed by atoms with Crippen LogP contribution < -0.4 is 5.73 Å². The van der Waals surface area contributed by atoms with Crippen molar-refractivity contribution in [2.24, 2.45) is 16.6 Å². The Morgan fingerprint density at radius 1 is 1.07 bits per heavy atom. The maximum atomic E-state index is 12.1. The summed E-state index contributed by atoms with van der Waals surface area (Å²) in [7, 11) is 1.75. The van der Waals surface area contributed by atoms with Crippen LogP contribution in [0.5, 0.6) is 0 Å². The van der Waals surface area contributed by atoms with E-state index in [0.717, 1.165) is 45.6 Å². The van der Waals surface area contributed by atoms with Crippen LogP contribution in [0.15, 0.2) is 4.99 Å². The lowest BCUT2D eigenvalue weighted by molar-refractivity contribution is 0.0186. The molecule has 0 unspecified atom stereocenters. The molecule has 8 nitrogen and oxygen atoms in total. The molecule has 0 aromatic heterocycles. The molecule has 0 bridgehead atoms. The van der Waals surface area contributed by atoms with Gasteiger partial charge in [-0.05, 0) is 52.6 Å². The topological polar surface area (TPSA) is 83.6 Å². The molecule has 0 spiro atoms. The molecule has 0 radical (unpaired) electrons. The van der Waals surface area contributed by atoms with Gasteiger partial charge < -0.3 is 29.9 Å². The van der Waals surface area contributed by atoms with Gasteiger partial charge in [0.05, 0.1) is 6.61 Å². The van der Waals surface area contributed by atoms with E-state index in [1.807, 2.05) is 20.8 Å². The van der Waals surface area contributed by atoms with Crippen molar-refractivity contribution in [3.63, 3.8) is 0 Å². The lowest BCUT2D eigenvalue weighted by Gasteiger charge is -2.36. The number of hydrogen-bond acceptors (Lipinski definition) is 5. The third-order valence-electron chi connectivity index (χ3n) is 5.09. The highest BCUT2D eigenvalue weighted by molar-refractivity contribution is 5.78. The number of piperazine rings is 1. The van der Waals surface area contributed by atoms with Crippen molar-refractivity contribution in [1.29, 1.82) is 0 Å².